The highest BCUT2D eigenvalue weighted by molar-refractivity contribution is 5.95. The summed E-state index contributed by atoms with van der Waals surface area (Å²) in [5.74, 6) is -0.0418. The van der Waals surface area contributed by atoms with Crippen LogP contribution >= 0.6 is 0 Å². The molecular weight excluding hydrogens is 446 g/mol. The number of nitrogens with one attached hydrogen (secondary N) is 2. The minimum absolute atomic E-state index is 0.0557. The van der Waals surface area contributed by atoms with Crippen molar-refractivity contribution >= 4 is 18.0 Å². The lowest BCUT2D eigenvalue weighted by atomic mass is 9.92. The standard InChI is InChI=1S/C26H39N5O4/c1-6-27-25(33)31-14-8-13-30(15-16-31)17-21-22(24(32)35-7-2)23(28-26(34)29(21)5)20-11-9-19(10-12-20)18(3)4/h9-12,18,23H,6-8,13-17H2,1-5H3,(H,27,33)(H,28,34)/t23-/m0/s1. The molecule has 3 rings (SSSR count). The Morgan fingerprint density at radius 1 is 1.11 bits per heavy atom. The van der Waals surface area contributed by atoms with Crippen molar-refractivity contribution in [1.82, 2.24) is 25.3 Å². The molecule has 2 N–H and O–H groups in total. The number of hydrogen-bond acceptors (Lipinski definition) is 5. The predicted molar refractivity (Wildman–Crippen MR) is 135 cm³/mol. The maximum absolute atomic E-state index is 13.2. The molecule has 0 unspecified atom stereocenters. The van der Waals surface area contributed by atoms with Crippen molar-refractivity contribution in [3.8, 4) is 0 Å². The third-order valence-corrected chi connectivity index (χ3v) is 6.59. The molecule has 1 fully saturated rings. The minimum atomic E-state index is -0.590. The highest BCUT2D eigenvalue weighted by atomic mass is 16.5. The number of amides is 4. The maximum atomic E-state index is 13.2. The molecule has 0 spiro atoms. The molecule has 1 aromatic rings. The van der Waals surface area contributed by atoms with Crippen LogP contribution in [0.2, 0.25) is 0 Å². The fourth-order valence-electron chi connectivity index (χ4n) is 4.53. The molecule has 35 heavy (non-hydrogen) atoms. The van der Waals surface area contributed by atoms with Crippen LogP contribution in [-0.2, 0) is 9.53 Å². The van der Waals surface area contributed by atoms with Gasteiger partial charge in [-0.1, -0.05) is 38.1 Å². The maximum Gasteiger partial charge on any atom is 0.338 e. The van der Waals surface area contributed by atoms with E-state index in [-0.39, 0.29) is 18.7 Å². The van der Waals surface area contributed by atoms with Crippen molar-refractivity contribution < 1.29 is 19.1 Å². The summed E-state index contributed by atoms with van der Waals surface area (Å²) in [7, 11) is 1.68. The molecular formula is C26H39N5O4. The van der Waals surface area contributed by atoms with Crippen molar-refractivity contribution in [3.63, 3.8) is 0 Å². The van der Waals surface area contributed by atoms with Gasteiger partial charge in [0.2, 0.25) is 0 Å². The number of urea groups is 2. The van der Waals surface area contributed by atoms with E-state index >= 15 is 0 Å². The van der Waals surface area contributed by atoms with E-state index in [1.165, 1.54) is 10.5 Å². The molecule has 2 heterocycles. The molecule has 1 atom stereocenters. The van der Waals surface area contributed by atoms with E-state index in [2.05, 4.69) is 29.4 Å². The fraction of sp³-hybridized carbons (Fsp3) is 0.577. The topological polar surface area (TPSA) is 94.2 Å². The third-order valence-electron chi connectivity index (χ3n) is 6.59. The van der Waals surface area contributed by atoms with Crippen molar-refractivity contribution in [1.29, 1.82) is 0 Å². The lowest BCUT2D eigenvalue weighted by Gasteiger charge is -2.36. The van der Waals surface area contributed by atoms with Crippen LogP contribution in [0.15, 0.2) is 35.5 Å². The van der Waals surface area contributed by atoms with Gasteiger partial charge < -0.3 is 20.3 Å². The van der Waals surface area contributed by atoms with E-state index < -0.39 is 12.0 Å². The van der Waals surface area contributed by atoms with Gasteiger partial charge in [0, 0.05) is 52.0 Å². The van der Waals surface area contributed by atoms with Crippen molar-refractivity contribution in [2.75, 3.05) is 52.9 Å². The van der Waals surface area contributed by atoms with Gasteiger partial charge in [-0.3, -0.25) is 9.80 Å². The Morgan fingerprint density at radius 3 is 2.46 bits per heavy atom. The van der Waals surface area contributed by atoms with Crippen LogP contribution in [0.5, 0.6) is 0 Å². The highest BCUT2D eigenvalue weighted by Gasteiger charge is 2.37. The normalized spacial score (nSPS) is 19.5. The fourth-order valence-corrected chi connectivity index (χ4v) is 4.53. The largest absolute Gasteiger partial charge is 0.463 e. The highest BCUT2D eigenvalue weighted by Crippen LogP contribution is 2.32. The van der Waals surface area contributed by atoms with E-state index in [0.29, 0.717) is 49.9 Å². The van der Waals surface area contributed by atoms with Gasteiger partial charge in [0.1, 0.15) is 0 Å². The van der Waals surface area contributed by atoms with Gasteiger partial charge >= 0.3 is 18.0 Å². The Kier molecular flexibility index (Phi) is 9.14. The molecule has 192 valence electrons. The van der Waals surface area contributed by atoms with Crippen LogP contribution in [0.1, 0.15) is 57.2 Å². The van der Waals surface area contributed by atoms with Crippen LogP contribution in [0, 0.1) is 0 Å². The summed E-state index contributed by atoms with van der Waals surface area (Å²) in [5, 5.41) is 5.84. The summed E-state index contributed by atoms with van der Waals surface area (Å²) in [6.45, 7) is 11.9. The molecule has 1 saturated heterocycles. The summed E-state index contributed by atoms with van der Waals surface area (Å²) in [4.78, 5) is 44.0. The summed E-state index contributed by atoms with van der Waals surface area (Å²) in [6, 6.07) is 7.12. The monoisotopic (exact) mass is 485 g/mol. The van der Waals surface area contributed by atoms with E-state index in [0.717, 1.165) is 18.5 Å². The average molecular weight is 486 g/mol. The van der Waals surface area contributed by atoms with Gasteiger partial charge in [-0.25, -0.2) is 14.4 Å². The first kappa shape index (κ1) is 26.5. The first-order valence-corrected chi connectivity index (χ1v) is 12.6. The molecule has 0 radical (unpaired) electrons. The van der Waals surface area contributed by atoms with Gasteiger partial charge in [-0.05, 0) is 37.3 Å². The number of likely N-dealkylation sites (N-methyl/N-ethyl adjacent to an activating group) is 1. The van der Waals surface area contributed by atoms with Crippen LogP contribution in [-0.4, -0.2) is 85.7 Å². The van der Waals surface area contributed by atoms with Gasteiger partial charge in [0.15, 0.2) is 0 Å². The van der Waals surface area contributed by atoms with Crippen molar-refractivity contribution in [2.24, 2.45) is 0 Å². The molecule has 2 aliphatic rings. The Balaban J connectivity index is 1.92. The Morgan fingerprint density at radius 2 is 1.83 bits per heavy atom. The van der Waals surface area contributed by atoms with Crippen LogP contribution in [0.3, 0.4) is 0 Å². The molecule has 1 aromatic carbocycles. The Bertz CT molecular complexity index is 944. The average Bonchev–Trinajstić information content (AvgIpc) is 3.08. The summed E-state index contributed by atoms with van der Waals surface area (Å²) in [6.07, 6.45) is 0.815. The number of carbonyl (C=O) groups is 3. The Labute approximate surface area is 208 Å². The molecule has 0 aliphatic carbocycles. The first-order valence-electron chi connectivity index (χ1n) is 12.6. The van der Waals surface area contributed by atoms with Gasteiger partial charge in [-0.15, -0.1) is 0 Å². The van der Waals surface area contributed by atoms with Gasteiger partial charge in [0.25, 0.3) is 0 Å². The summed E-state index contributed by atoms with van der Waals surface area (Å²) >= 11 is 0. The van der Waals surface area contributed by atoms with Crippen molar-refractivity contribution in [2.45, 2.75) is 46.1 Å². The number of carbonyl (C=O) groups excluding carboxylic acids is 3. The molecule has 0 aromatic heterocycles. The third kappa shape index (κ3) is 6.33. The second-order valence-electron chi connectivity index (χ2n) is 9.30. The van der Waals surface area contributed by atoms with E-state index in [9.17, 15) is 14.4 Å². The van der Waals surface area contributed by atoms with Crippen LogP contribution in [0.4, 0.5) is 9.59 Å². The predicted octanol–water partition coefficient (Wildman–Crippen LogP) is 3.06. The molecule has 0 saturated carbocycles. The zero-order valence-electron chi connectivity index (χ0n) is 21.6. The second-order valence-corrected chi connectivity index (χ2v) is 9.30. The van der Waals surface area contributed by atoms with E-state index in [4.69, 9.17) is 4.74 Å². The zero-order valence-corrected chi connectivity index (χ0v) is 21.6. The second kappa shape index (κ2) is 12.1. The van der Waals surface area contributed by atoms with E-state index in [1.54, 1.807) is 14.0 Å². The lowest BCUT2D eigenvalue weighted by molar-refractivity contribution is -0.139. The summed E-state index contributed by atoms with van der Waals surface area (Å²) in [5.41, 5.74) is 3.12. The zero-order chi connectivity index (χ0) is 25.5. The molecule has 4 amide bonds. The minimum Gasteiger partial charge on any atom is -0.463 e. The van der Waals surface area contributed by atoms with Crippen molar-refractivity contribution in [3.05, 3.63) is 46.7 Å². The van der Waals surface area contributed by atoms with E-state index in [1.807, 2.05) is 36.1 Å². The van der Waals surface area contributed by atoms with Crippen LogP contribution in [0.25, 0.3) is 0 Å². The Hall–Kier alpha value is -3.07. The number of benzene rings is 1. The molecule has 9 heteroatoms. The number of ether oxygens (including phenoxy) is 1. The SMILES string of the molecule is CCNC(=O)N1CCCN(CC2=C(C(=O)OCC)[C@H](c3ccc(C(C)C)cc3)NC(=O)N2C)CC1. The number of hydrogen-bond donors (Lipinski definition) is 2. The molecule has 9 nitrogen and oxygen atoms in total. The first-order chi connectivity index (χ1) is 16.8. The van der Waals surface area contributed by atoms with Gasteiger partial charge in [-0.2, -0.15) is 0 Å². The quantitative estimate of drug-likeness (QED) is 0.579. The number of rotatable bonds is 7. The molecule has 2 aliphatic heterocycles. The summed E-state index contributed by atoms with van der Waals surface area (Å²) < 4.78 is 5.44. The number of esters is 1. The molecule has 0 bridgehead atoms. The number of nitrogens with zero attached hydrogens (tertiary/aromatic N) is 3. The van der Waals surface area contributed by atoms with Crippen LogP contribution < -0.4 is 10.6 Å². The lowest BCUT2D eigenvalue weighted by Crippen LogP contribution is -2.49. The smallest absolute Gasteiger partial charge is 0.338 e. The van der Waals surface area contributed by atoms with Gasteiger partial charge in [0.05, 0.1) is 18.2 Å².